The van der Waals surface area contributed by atoms with E-state index in [0.29, 0.717) is 58.0 Å². The fourth-order valence-corrected chi connectivity index (χ4v) is 8.69. The minimum Gasteiger partial charge on any atom is -0.349 e. The zero-order valence-corrected chi connectivity index (χ0v) is 30.1. The van der Waals surface area contributed by atoms with Gasteiger partial charge in [-0.15, -0.1) is 0 Å². The first-order valence-electron chi connectivity index (χ1n) is 17.9. The lowest BCUT2D eigenvalue weighted by molar-refractivity contribution is -0.143. The molecule has 4 N–H and O–H groups in total. The van der Waals surface area contributed by atoms with Crippen LogP contribution in [-0.2, 0) is 29.0 Å². The van der Waals surface area contributed by atoms with Crippen molar-refractivity contribution < 1.29 is 32.4 Å². The Morgan fingerprint density at radius 3 is 2.09 bits per heavy atom. The molecule has 1 aliphatic heterocycles. The normalized spacial score (nSPS) is 21.7. The number of amides is 5. The number of carbonyl (C=O) groups excluding carboxylic acids is 5. The van der Waals surface area contributed by atoms with Crippen molar-refractivity contribution >= 4 is 39.4 Å². The average Bonchev–Trinajstić information content (AvgIpc) is 3.52. The van der Waals surface area contributed by atoms with Gasteiger partial charge in [0.25, 0.3) is 5.91 Å². The number of rotatable bonds is 14. The molecule has 47 heavy (non-hydrogen) atoms. The third-order valence-corrected chi connectivity index (χ3v) is 12.9. The molecule has 3 aliphatic rings. The summed E-state index contributed by atoms with van der Waals surface area (Å²) in [6.45, 7) is 9.44. The Hall–Kier alpha value is -2.70. The van der Waals surface area contributed by atoms with E-state index < -0.39 is 61.9 Å². The fourth-order valence-electron chi connectivity index (χ4n) is 7.17. The van der Waals surface area contributed by atoms with Gasteiger partial charge in [-0.1, -0.05) is 58.8 Å². The summed E-state index contributed by atoms with van der Waals surface area (Å²) >= 11 is 0. The third kappa shape index (κ3) is 10.4. The van der Waals surface area contributed by atoms with E-state index in [1.165, 1.54) is 4.90 Å². The van der Waals surface area contributed by atoms with E-state index in [0.717, 1.165) is 51.4 Å². The van der Waals surface area contributed by atoms with Gasteiger partial charge < -0.3 is 26.2 Å². The molecule has 1 saturated heterocycles. The molecule has 0 aromatic carbocycles. The summed E-state index contributed by atoms with van der Waals surface area (Å²) in [5.41, 5.74) is -0.922. The molecule has 1 unspecified atom stereocenters. The summed E-state index contributed by atoms with van der Waals surface area (Å²) < 4.78 is 25.6. The number of urea groups is 1. The Morgan fingerprint density at radius 1 is 0.851 bits per heavy atom. The summed E-state index contributed by atoms with van der Waals surface area (Å²) in [6, 6.07) is -3.26. The van der Waals surface area contributed by atoms with Crippen LogP contribution in [0.4, 0.5) is 4.79 Å². The summed E-state index contributed by atoms with van der Waals surface area (Å²) in [5.74, 6) is -2.54. The van der Waals surface area contributed by atoms with Crippen LogP contribution in [0.2, 0.25) is 0 Å². The molecule has 0 aromatic rings. The molecule has 5 amide bonds. The lowest BCUT2D eigenvalue weighted by Crippen LogP contribution is -2.62. The van der Waals surface area contributed by atoms with Crippen molar-refractivity contribution in [2.75, 3.05) is 18.8 Å². The second-order valence-corrected chi connectivity index (χ2v) is 17.6. The standard InChI is InChI=1S/C34H59N5O7S/c1-6-15-25(28(40)30(42)35-21-7-2)36-29(41)26-18-14-22-39(26)31(43)27(24-16-10-8-11-17-24)37-32(44)38-34(19-12-9-13-20-34)23-47(45,46)33(3,4)5/h24-27H,6-23H2,1-5H3,(H,35,42)(H,36,41)(H2,37,38,44)/t25?,26-,27-/m0/s1. The molecule has 2 aliphatic carbocycles. The molecule has 13 heteroatoms. The largest absolute Gasteiger partial charge is 0.349 e. The highest BCUT2D eigenvalue weighted by Gasteiger charge is 2.45. The molecule has 3 rings (SSSR count). The quantitative estimate of drug-likeness (QED) is 0.203. The molecular formula is C34H59N5O7S. The summed E-state index contributed by atoms with van der Waals surface area (Å²) in [5, 5.41) is 11.3. The molecule has 268 valence electrons. The SMILES string of the molecule is CCCNC(=O)C(=O)C(CCC)NC(=O)[C@@H]1CCCN1C(=O)[C@@H](NC(=O)NC1(CS(=O)(=O)C(C)(C)C)CCCCC1)C1CCCCC1. The molecule has 0 radical (unpaired) electrons. The van der Waals surface area contributed by atoms with Gasteiger partial charge in [-0.2, -0.15) is 0 Å². The van der Waals surface area contributed by atoms with E-state index in [9.17, 15) is 32.4 Å². The van der Waals surface area contributed by atoms with Gasteiger partial charge in [0.15, 0.2) is 9.84 Å². The van der Waals surface area contributed by atoms with Gasteiger partial charge in [0.05, 0.1) is 22.1 Å². The molecule has 12 nitrogen and oxygen atoms in total. The van der Waals surface area contributed by atoms with Crippen molar-refractivity contribution in [3.63, 3.8) is 0 Å². The van der Waals surface area contributed by atoms with Crippen molar-refractivity contribution in [1.82, 2.24) is 26.2 Å². The van der Waals surface area contributed by atoms with Crippen LogP contribution in [0.5, 0.6) is 0 Å². The topological polar surface area (TPSA) is 171 Å². The van der Waals surface area contributed by atoms with Crippen molar-refractivity contribution in [2.45, 2.75) is 159 Å². The Morgan fingerprint density at radius 2 is 1.49 bits per heavy atom. The van der Waals surface area contributed by atoms with Gasteiger partial charge in [-0.25, -0.2) is 13.2 Å². The first-order chi connectivity index (χ1) is 22.1. The number of nitrogens with zero attached hydrogens (tertiary/aromatic N) is 1. The summed E-state index contributed by atoms with van der Waals surface area (Å²) in [6.07, 6.45) is 10.6. The van der Waals surface area contributed by atoms with Gasteiger partial charge in [0, 0.05) is 13.1 Å². The molecule has 0 aromatic heterocycles. The highest BCUT2D eigenvalue weighted by atomic mass is 32.2. The van der Waals surface area contributed by atoms with Crippen LogP contribution in [-0.4, -0.2) is 90.1 Å². The smallest absolute Gasteiger partial charge is 0.315 e. The monoisotopic (exact) mass is 681 g/mol. The summed E-state index contributed by atoms with van der Waals surface area (Å²) in [7, 11) is -3.54. The lowest BCUT2D eigenvalue weighted by atomic mass is 9.82. The molecular weight excluding hydrogens is 622 g/mol. The van der Waals surface area contributed by atoms with Crippen molar-refractivity contribution in [2.24, 2.45) is 5.92 Å². The van der Waals surface area contributed by atoms with Crippen molar-refractivity contribution in [3.05, 3.63) is 0 Å². The second-order valence-electron chi connectivity index (χ2n) is 14.8. The average molecular weight is 682 g/mol. The highest BCUT2D eigenvalue weighted by molar-refractivity contribution is 7.92. The predicted molar refractivity (Wildman–Crippen MR) is 181 cm³/mol. The van der Waals surface area contributed by atoms with Crippen LogP contribution >= 0.6 is 0 Å². The molecule has 1 heterocycles. The first kappa shape index (κ1) is 38.7. The Balaban J connectivity index is 1.79. The maximum Gasteiger partial charge on any atom is 0.315 e. The second kappa shape index (κ2) is 17.1. The maximum atomic E-state index is 14.3. The molecule has 3 fully saturated rings. The van der Waals surface area contributed by atoms with Gasteiger partial charge >= 0.3 is 6.03 Å². The van der Waals surface area contributed by atoms with Gasteiger partial charge in [0.2, 0.25) is 17.6 Å². The van der Waals surface area contributed by atoms with Crippen molar-refractivity contribution in [1.29, 1.82) is 0 Å². The number of ketones is 1. The zero-order valence-electron chi connectivity index (χ0n) is 29.3. The number of hydrogen-bond donors (Lipinski definition) is 4. The Labute approximate surface area is 281 Å². The van der Waals surface area contributed by atoms with Gasteiger partial charge in [-0.05, 0) is 78.1 Å². The number of Topliss-reactive ketones (excluding diaryl/α,β-unsaturated/α-hetero) is 1. The van der Waals surface area contributed by atoms with Crippen LogP contribution < -0.4 is 21.3 Å². The fraction of sp³-hybridized carbons (Fsp3) is 0.853. The van der Waals surface area contributed by atoms with E-state index in [4.69, 9.17) is 0 Å². The van der Waals surface area contributed by atoms with Crippen LogP contribution in [0.25, 0.3) is 0 Å². The zero-order chi connectivity index (χ0) is 34.8. The highest BCUT2D eigenvalue weighted by Crippen LogP contribution is 2.33. The van der Waals surface area contributed by atoms with Gasteiger partial charge in [-0.3, -0.25) is 19.2 Å². The molecule has 2 saturated carbocycles. The van der Waals surface area contributed by atoms with Crippen LogP contribution in [0.1, 0.15) is 131 Å². The minimum absolute atomic E-state index is 0.122. The van der Waals surface area contributed by atoms with E-state index in [1.807, 2.05) is 13.8 Å². The lowest BCUT2D eigenvalue weighted by Gasteiger charge is -2.40. The predicted octanol–water partition coefficient (Wildman–Crippen LogP) is 3.52. The Bertz CT molecular complexity index is 1220. The van der Waals surface area contributed by atoms with Crippen LogP contribution in [0.3, 0.4) is 0 Å². The maximum absolute atomic E-state index is 14.3. The first-order valence-corrected chi connectivity index (χ1v) is 19.5. The number of sulfone groups is 1. The minimum atomic E-state index is -3.54. The Kier molecular flexibility index (Phi) is 14.1. The van der Waals surface area contributed by atoms with E-state index in [2.05, 4.69) is 21.3 Å². The number of likely N-dealkylation sites (tertiary alicyclic amines) is 1. The summed E-state index contributed by atoms with van der Waals surface area (Å²) in [4.78, 5) is 68.4. The van der Waals surface area contributed by atoms with E-state index in [1.54, 1.807) is 20.8 Å². The van der Waals surface area contributed by atoms with E-state index >= 15 is 0 Å². The van der Waals surface area contributed by atoms with Crippen LogP contribution in [0, 0.1) is 5.92 Å². The van der Waals surface area contributed by atoms with Crippen molar-refractivity contribution in [3.8, 4) is 0 Å². The van der Waals surface area contributed by atoms with E-state index in [-0.39, 0.29) is 17.6 Å². The molecule has 0 bridgehead atoms. The number of nitrogens with one attached hydrogen (secondary N) is 4. The van der Waals surface area contributed by atoms with Gasteiger partial charge in [0.1, 0.15) is 12.1 Å². The third-order valence-electron chi connectivity index (χ3n) is 10.1. The number of hydrogen-bond acceptors (Lipinski definition) is 7. The molecule has 3 atom stereocenters. The van der Waals surface area contributed by atoms with Crippen LogP contribution in [0.15, 0.2) is 0 Å². The molecule has 0 spiro atoms. The number of carbonyl (C=O) groups is 5.